The molecule has 0 bridgehead atoms. The number of hydrogen-bond acceptors (Lipinski definition) is 5. The second kappa shape index (κ2) is 8.12. The molecule has 1 fully saturated rings. The molecule has 3 rings (SSSR count). The molecule has 1 aliphatic heterocycles. The molecule has 0 spiro atoms. The van der Waals surface area contributed by atoms with Crippen LogP contribution < -0.4 is 5.32 Å². The summed E-state index contributed by atoms with van der Waals surface area (Å²) in [7, 11) is 0. The lowest BCUT2D eigenvalue weighted by Crippen LogP contribution is -2.49. The molecule has 2 aromatic rings. The Morgan fingerprint density at radius 2 is 2.04 bits per heavy atom. The van der Waals surface area contributed by atoms with Crippen molar-refractivity contribution in [1.82, 2.24) is 24.7 Å². The topological polar surface area (TPSA) is 66.5 Å². The summed E-state index contributed by atoms with van der Waals surface area (Å²) in [5.74, 6) is 1.89. The minimum Gasteiger partial charge on any atom is -0.467 e. The first-order valence-corrected chi connectivity index (χ1v) is 8.42. The van der Waals surface area contributed by atoms with Gasteiger partial charge in [-0.2, -0.15) is 0 Å². The summed E-state index contributed by atoms with van der Waals surface area (Å²) in [6.07, 6.45) is 5.48. The van der Waals surface area contributed by atoms with E-state index in [-0.39, 0.29) is 5.91 Å². The lowest BCUT2D eigenvalue weighted by atomic mass is 10.3. The zero-order valence-corrected chi connectivity index (χ0v) is 14.1. The Morgan fingerprint density at radius 1 is 1.25 bits per heavy atom. The van der Waals surface area contributed by atoms with Gasteiger partial charge in [0.05, 0.1) is 19.4 Å². The summed E-state index contributed by atoms with van der Waals surface area (Å²) in [5, 5.41) is 2.90. The van der Waals surface area contributed by atoms with E-state index in [1.807, 2.05) is 31.5 Å². The second-order valence-corrected chi connectivity index (χ2v) is 6.14. The van der Waals surface area contributed by atoms with Crippen molar-refractivity contribution in [2.45, 2.75) is 20.0 Å². The molecule has 0 radical (unpaired) electrons. The number of nitrogens with zero attached hydrogens (tertiary/aromatic N) is 4. The van der Waals surface area contributed by atoms with Gasteiger partial charge in [0.1, 0.15) is 11.6 Å². The number of hydrogen-bond donors (Lipinski definition) is 1. The smallest absolute Gasteiger partial charge is 0.234 e. The van der Waals surface area contributed by atoms with Gasteiger partial charge >= 0.3 is 0 Å². The van der Waals surface area contributed by atoms with Crippen LogP contribution in [0.25, 0.3) is 0 Å². The largest absolute Gasteiger partial charge is 0.467 e. The van der Waals surface area contributed by atoms with Crippen LogP contribution in [0, 0.1) is 6.92 Å². The van der Waals surface area contributed by atoms with E-state index < -0.39 is 0 Å². The average molecular weight is 331 g/mol. The fourth-order valence-corrected chi connectivity index (χ4v) is 2.92. The quantitative estimate of drug-likeness (QED) is 0.810. The van der Waals surface area contributed by atoms with Gasteiger partial charge in [-0.1, -0.05) is 0 Å². The van der Waals surface area contributed by atoms with Crippen molar-refractivity contribution in [3.8, 4) is 0 Å². The molecule has 7 nitrogen and oxygen atoms in total. The van der Waals surface area contributed by atoms with Gasteiger partial charge in [-0.25, -0.2) is 4.98 Å². The third-order valence-electron chi connectivity index (χ3n) is 4.45. The molecule has 0 aliphatic carbocycles. The Balaban J connectivity index is 1.33. The van der Waals surface area contributed by atoms with E-state index in [1.54, 1.807) is 6.26 Å². The summed E-state index contributed by atoms with van der Waals surface area (Å²) in [4.78, 5) is 20.9. The zero-order chi connectivity index (χ0) is 16.8. The third-order valence-corrected chi connectivity index (χ3v) is 4.45. The lowest BCUT2D eigenvalue weighted by molar-refractivity contribution is -0.122. The molecular formula is C17H25N5O2. The number of rotatable bonds is 7. The van der Waals surface area contributed by atoms with Crippen molar-refractivity contribution in [3.63, 3.8) is 0 Å². The van der Waals surface area contributed by atoms with Crippen LogP contribution in [0.5, 0.6) is 0 Å². The predicted octanol–water partition coefficient (Wildman–Crippen LogP) is 0.719. The van der Waals surface area contributed by atoms with Crippen molar-refractivity contribution in [2.75, 3.05) is 39.3 Å². The molecule has 7 heteroatoms. The monoisotopic (exact) mass is 331 g/mol. The summed E-state index contributed by atoms with van der Waals surface area (Å²) >= 11 is 0. The van der Waals surface area contributed by atoms with Crippen molar-refractivity contribution in [1.29, 1.82) is 0 Å². The standard InChI is InChI=1S/C17H25N5O2/c1-15-18-4-5-22(15)11-10-20-6-8-21(9-7-20)14-17(23)19-13-16-3-2-12-24-16/h2-5,12H,6-11,13-14H2,1H3,(H,19,23). The van der Waals surface area contributed by atoms with Gasteiger partial charge in [0.25, 0.3) is 0 Å². The van der Waals surface area contributed by atoms with Crippen LogP contribution in [0.1, 0.15) is 11.6 Å². The number of furan rings is 1. The van der Waals surface area contributed by atoms with E-state index in [9.17, 15) is 4.79 Å². The number of imidazole rings is 1. The number of aromatic nitrogens is 2. The van der Waals surface area contributed by atoms with Crippen LogP contribution in [-0.2, 0) is 17.9 Å². The zero-order valence-electron chi connectivity index (χ0n) is 14.1. The van der Waals surface area contributed by atoms with Crippen LogP contribution in [-0.4, -0.2) is 64.5 Å². The first kappa shape index (κ1) is 16.7. The fourth-order valence-electron chi connectivity index (χ4n) is 2.92. The highest BCUT2D eigenvalue weighted by molar-refractivity contribution is 5.77. The maximum Gasteiger partial charge on any atom is 0.234 e. The van der Waals surface area contributed by atoms with Gasteiger partial charge in [0.15, 0.2) is 0 Å². The van der Waals surface area contributed by atoms with Gasteiger partial charge in [-0.15, -0.1) is 0 Å². The maximum atomic E-state index is 12.0. The van der Waals surface area contributed by atoms with Gasteiger partial charge in [0.2, 0.25) is 5.91 Å². The summed E-state index contributed by atoms with van der Waals surface area (Å²) in [6.45, 7) is 8.78. The molecule has 130 valence electrons. The molecule has 0 atom stereocenters. The predicted molar refractivity (Wildman–Crippen MR) is 90.4 cm³/mol. The molecule has 0 saturated carbocycles. The summed E-state index contributed by atoms with van der Waals surface area (Å²) < 4.78 is 7.39. The molecule has 2 aromatic heterocycles. The summed E-state index contributed by atoms with van der Waals surface area (Å²) in [5.41, 5.74) is 0. The highest BCUT2D eigenvalue weighted by atomic mass is 16.3. The van der Waals surface area contributed by atoms with Crippen molar-refractivity contribution < 1.29 is 9.21 Å². The van der Waals surface area contributed by atoms with E-state index >= 15 is 0 Å². The Hall–Kier alpha value is -2.12. The second-order valence-electron chi connectivity index (χ2n) is 6.14. The number of amides is 1. The minimum absolute atomic E-state index is 0.0499. The highest BCUT2D eigenvalue weighted by Crippen LogP contribution is 2.04. The Kier molecular flexibility index (Phi) is 5.66. The van der Waals surface area contributed by atoms with E-state index in [4.69, 9.17) is 4.42 Å². The van der Waals surface area contributed by atoms with Crippen molar-refractivity contribution in [2.24, 2.45) is 0 Å². The minimum atomic E-state index is 0.0499. The van der Waals surface area contributed by atoms with Crippen LogP contribution in [0.3, 0.4) is 0 Å². The maximum absolute atomic E-state index is 12.0. The van der Waals surface area contributed by atoms with Crippen molar-refractivity contribution in [3.05, 3.63) is 42.4 Å². The lowest BCUT2D eigenvalue weighted by Gasteiger charge is -2.34. The number of nitrogens with one attached hydrogen (secondary N) is 1. The first-order chi connectivity index (χ1) is 11.7. The molecular weight excluding hydrogens is 306 g/mol. The van der Waals surface area contributed by atoms with Gasteiger partial charge in [-0.05, 0) is 19.1 Å². The Labute approximate surface area is 142 Å². The molecule has 1 N–H and O–H groups in total. The first-order valence-electron chi connectivity index (χ1n) is 8.42. The van der Waals surface area contributed by atoms with E-state index in [2.05, 4.69) is 24.7 Å². The highest BCUT2D eigenvalue weighted by Gasteiger charge is 2.18. The number of piperazine rings is 1. The molecule has 3 heterocycles. The third kappa shape index (κ3) is 4.69. The molecule has 1 amide bonds. The molecule has 0 aromatic carbocycles. The Morgan fingerprint density at radius 3 is 2.71 bits per heavy atom. The molecule has 1 saturated heterocycles. The number of carbonyl (C=O) groups is 1. The average Bonchev–Trinajstić information content (AvgIpc) is 3.24. The van der Waals surface area contributed by atoms with Crippen LogP contribution in [0.2, 0.25) is 0 Å². The molecule has 24 heavy (non-hydrogen) atoms. The van der Waals surface area contributed by atoms with Crippen LogP contribution in [0.15, 0.2) is 35.2 Å². The SMILES string of the molecule is Cc1nccn1CCN1CCN(CC(=O)NCc2ccco2)CC1. The van der Waals surface area contributed by atoms with Crippen LogP contribution >= 0.6 is 0 Å². The van der Waals surface area contributed by atoms with E-state index in [1.165, 1.54) is 0 Å². The van der Waals surface area contributed by atoms with Gasteiger partial charge in [-0.3, -0.25) is 14.6 Å². The Bertz CT molecular complexity index is 629. The fraction of sp³-hybridized carbons (Fsp3) is 0.529. The van der Waals surface area contributed by atoms with Crippen molar-refractivity contribution >= 4 is 5.91 Å². The molecule has 1 aliphatic rings. The van der Waals surface area contributed by atoms with E-state index in [0.29, 0.717) is 13.1 Å². The summed E-state index contributed by atoms with van der Waals surface area (Å²) in [6, 6.07) is 3.69. The normalized spacial score (nSPS) is 16.4. The number of aryl methyl sites for hydroxylation is 1. The van der Waals surface area contributed by atoms with Gasteiger partial charge < -0.3 is 14.3 Å². The van der Waals surface area contributed by atoms with Crippen LogP contribution in [0.4, 0.5) is 0 Å². The van der Waals surface area contributed by atoms with Gasteiger partial charge in [0, 0.05) is 51.7 Å². The number of carbonyl (C=O) groups excluding carboxylic acids is 1. The molecule has 0 unspecified atom stereocenters. The van der Waals surface area contributed by atoms with E-state index in [0.717, 1.165) is 50.9 Å².